The highest BCUT2D eigenvalue weighted by Crippen LogP contribution is 2.33. The first-order valence-corrected chi connectivity index (χ1v) is 8.49. The van der Waals surface area contributed by atoms with E-state index in [1.807, 2.05) is 16.7 Å². The highest BCUT2D eigenvalue weighted by molar-refractivity contribution is 5.81. The molecule has 1 saturated carbocycles. The summed E-state index contributed by atoms with van der Waals surface area (Å²) in [6.45, 7) is 0.836. The Balaban J connectivity index is 1.61. The smallest absolute Gasteiger partial charge is 0.202 e. The number of aromatic nitrogens is 6. The molecule has 1 fully saturated rings. The Labute approximate surface area is 148 Å². The second-order valence-electron chi connectivity index (χ2n) is 6.59. The maximum Gasteiger partial charge on any atom is 0.202 e. The van der Waals surface area contributed by atoms with Crippen LogP contribution in [0.2, 0.25) is 0 Å². The van der Waals surface area contributed by atoms with Crippen LogP contribution in [0.3, 0.4) is 0 Å². The van der Waals surface area contributed by atoms with Crippen molar-refractivity contribution in [1.82, 2.24) is 29.9 Å². The summed E-state index contributed by atoms with van der Waals surface area (Å²) in [4.78, 5) is 9.15. The molecule has 8 heteroatoms. The Morgan fingerprint density at radius 3 is 2.58 bits per heavy atom. The van der Waals surface area contributed by atoms with Gasteiger partial charge in [-0.1, -0.05) is 0 Å². The van der Waals surface area contributed by atoms with Gasteiger partial charge in [-0.2, -0.15) is 15.4 Å². The van der Waals surface area contributed by atoms with Crippen molar-refractivity contribution in [3.63, 3.8) is 0 Å². The molecule has 0 atom stereocenters. The summed E-state index contributed by atoms with van der Waals surface area (Å²) in [5.41, 5.74) is 10.3. The Kier molecular flexibility index (Phi) is 3.24. The van der Waals surface area contributed by atoms with Gasteiger partial charge >= 0.3 is 0 Å². The zero-order valence-corrected chi connectivity index (χ0v) is 13.9. The SMILES string of the molecule is Nc1nc2ccc(-c3n[nH]nc3-c3ccc(F)cc3)nc2n1CC1CC1. The minimum atomic E-state index is -0.294. The summed E-state index contributed by atoms with van der Waals surface area (Å²) in [5, 5.41) is 11.1. The van der Waals surface area contributed by atoms with Gasteiger partial charge in [-0.15, -0.1) is 0 Å². The van der Waals surface area contributed by atoms with Crippen LogP contribution in [0.4, 0.5) is 10.3 Å². The highest BCUT2D eigenvalue weighted by atomic mass is 19.1. The lowest BCUT2D eigenvalue weighted by atomic mass is 10.1. The topological polar surface area (TPSA) is 98.3 Å². The highest BCUT2D eigenvalue weighted by Gasteiger charge is 2.24. The molecule has 1 aliphatic rings. The number of H-pyrrole nitrogens is 1. The number of fused-ring (bicyclic) bond motifs is 1. The second-order valence-corrected chi connectivity index (χ2v) is 6.59. The molecule has 3 N–H and O–H groups in total. The van der Waals surface area contributed by atoms with Gasteiger partial charge in [-0.05, 0) is 55.2 Å². The number of hydrogen-bond donors (Lipinski definition) is 2. The van der Waals surface area contributed by atoms with Gasteiger partial charge in [0.05, 0.1) is 5.69 Å². The van der Waals surface area contributed by atoms with E-state index >= 15 is 0 Å². The second kappa shape index (κ2) is 5.62. The predicted octanol–water partition coefficient (Wildman–Crippen LogP) is 3.01. The van der Waals surface area contributed by atoms with E-state index in [1.165, 1.54) is 25.0 Å². The van der Waals surface area contributed by atoms with Gasteiger partial charge in [0.25, 0.3) is 0 Å². The number of rotatable bonds is 4. The summed E-state index contributed by atoms with van der Waals surface area (Å²) in [6, 6.07) is 9.88. The zero-order chi connectivity index (χ0) is 17.7. The molecule has 1 aliphatic carbocycles. The van der Waals surface area contributed by atoms with Gasteiger partial charge < -0.3 is 5.73 Å². The number of halogens is 1. The van der Waals surface area contributed by atoms with Crippen molar-refractivity contribution in [2.24, 2.45) is 5.92 Å². The Hall–Kier alpha value is -3.29. The number of pyridine rings is 1. The molecular formula is C18H16FN7. The van der Waals surface area contributed by atoms with E-state index in [4.69, 9.17) is 10.7 Å². The first-order valence-electron chi connectivity index (χ1n) is 8.49. The molecule has 0 aliphatic heterocycles. The summed E-state index contributed by atoms with van der Waals surface area (Å²) >= 11 is 0. The molecule has 130 valence electrons. The average Bonchev–Trinajstić information content (AvgIpc) is 3.24. The number of nitrogens with one attached hydrogen (secondary N) is 1. The van der Waals surface area contributed by atoms with Crippen molar-refractivity contribution >= 4 is 17.1 Å². The van der Waals surface area contributed by atoms with Crippen molar-refractivity contribution in [3.05, 3.63) is 42.2 Å². The third-order valence-electron chi connectivity index (χ3n) is 4.67. The first-order chi connectivity index (χ1) is 12.7. The van der Waals surface area contributed by atoms with Crippen LogP contribution in [0.5, 0.6) is 0 Å². The van der Waals surface area contributed by atoms with Crippen LogP contribution < -0.4 is 5.73 Å². The summed E-state index contributed by atoms with van der Waals surface area (Å²) in [7, 11) is 0. The van der Waals surface area contributed by atoms with Crippen molar-refractivity contribution < 1.29 is 4.39 Å². The molecule has 0 spiro atoms. The van der Waals surface area contributed by atoms with E-state index in [2.05, 4.69) is 20.4 Å². The average molecular weight is 349 g/mol. The molecule has 1 aromatic carbocycles. The summed E-state index contributed by atoms with van der Waals surface area (Å²) in [6.07, 6.45) is 2.44. The quantitative estimate of drug-likeness (QED) is 0.590. The van der Waals surface area contributed by atoms with Crippen LogP contribution in [0.25, 0.3) is 33.8 Å². The van der Waals surface area contributed by atoms with Gasteiger partial charge in [0, 0.05) is 12.1 Å². The van der Waals surface area contributed by atoms with E-state index in [1.54, 1.807) is 12.1 Å². The molecule has 0 radical (unpaired) electrons. The third-order valence-corrected chi connectivity index (χ3v) is 4.67. The van der Waals surface area contributed by atoms with E-state index in [0.29, 0.717) is 28.9 Å². The monoisotopic (exact) mass is 349 g/mol. The number of benzene rings is 1. The molecule has 4 aromatic rings. The molecule has 0 unspecified atom stereocenters. The standard InChI is InChI=1S/C18H16FN7/c19-12-5-3-11(4-6-12)15-16(24-25-23-15)13-7-8-14-17(21-13)26(18(20)22-14)9-10-1-2-10/h3-8,10H,1-2,9H2,(H2,20,22)(H,23,24,25). The van der Waals surface area contributed by atoms with Crippen LogP contribution in [0.15, 0.2) is 36.4 Å². The Morgan fingerprint density at radius 1 is 1.04 bits per heavy atom. The van der Waals surface area contributed by atoms with Gasteiger partial charge in [0.1, 0.15) is 22.7 Å². The minimum Gasteiger partial charge on any atom is -0.369 e. The molecule has 5 rings (SSSR count). The molecule has 3 aromatic heterocycles. The normalized spacial score (nSPS) is 14.2. The lowest BCUT2D eigenvalue weighted by Gasteiger charge is -2.05. The largest absolute Gasteiger partial charge is 0.369 e. The summed E-state index contributed by atoms with van der Waals surface area (Å²) in [5.74, 6) is 0.843. The van der Waals surface area contributed by atoms with Gasteiger partial charge in [-0.25, -0.2) is 14.4 Å². The van der Waals surface area contributed by atoms with Crippen LogP contribution in [-0.2, 0) is 6.54 Å². The van der Waals surface area contributed by atoms with Crippen LogP contribution >= 0.6 is 0 Å². The molecule has 0 bridgehead atoms. The van der Waals surface area contributed by atoms with Gasteiger partial charge in [0.15, 0.2) is 5.65 Å². The molecule has 0 amide bonds. The van der Waals surface area contributed by atoms with Crippen molar-refractivity contribution in [3.8, 4) is 22.6 Å². The molecule has 7 nitrogen and oxygen atoms in total. The lowest BCUT2D eigenvalue weighted by molar-refractivity contribution is 0.628. The van der Waals surface area contributed by atoms with Crippen LogP contribution in [0.1, 0.15) is 12.8 Å². The lowest BCUT2D eigenvalue weighted by Crippen LogP contribution is -2.05. The van der Waals surface area contributed by atoms with Crippen molar-refractivity contribution in [1.29, 1.82) is 0 Å². The van der Waals surface area contributed by atoms with E-state index < -0.39 is 0 Å². The van der Waals surface area contributed by atoms with E-state index in [9.17, 15) is 4.39 Å². The van der Waals surface area contributed by atoms with Crippen molar-refractivity contribution in [2.75, 3.05) is 5.73 Å². The molecule has 3 heterocycles. The summed E-state index contributed by atoms with van der Waals surface area (Å²) < 4.78 is 15.2. The zero-order valence-electron chi connectivity index (χ0n) is 13.9. The van der Waals surface area contributed by atoms with Crippen LogP contribution in [0, 0.1) is 11.7 Å². The van der Waals surface area contributed by atoms with E-state index in [0.717, 1.165) is 23.3 Å². The maximum atomic E-state index is 13.2. The van der Waals surface area contributed by atoms with E-state index in [-0.39, 0.29) is 5.82 Å². The number of nitrogens with two attached hydrogens (primary N) is 1. The Bertz CT molecular complexity index is 1090. The minimum absolute atomic E-state index is 0.294. The number of aromatic amines is 1. The number of imidazole rings is 1. The van der Waals surface area contributed by atoms with Gasteiger partial charge in [-0.3, -0.25) is 4.57 Å². The fourth-order valence-electron chi connectivity index (χ4n) is 3.11. The molecule has 0 saturated heterocycles. The fourth-order valence-corrected chi connectivity index (χ4v) is 3.11. The third kappa shape index (κ3) is 2.50. The van der Waals surface area contributed by atoms with Crippen molar-refractivity contribution in [2.45, 2.75) is 19.4 Å². The number of hydrogen-bond acceptors (Lipinski definition) is 5. The molecular weight excluding hydrogens is 333 g/mol. The predicted molar refractivity (Wildman–Crippen MR) is 95.4 cm³/mol. The number of anilines is 1. The Morgan fingerprint density at radius 2 is 1.81 bits per heavy atom. The first kappa shape index (κ1) is 15.0. The fraction of sp³-hybridized carbons (Fsp3) is 0.222. The van der Waals surface area contributed by atoms with Crippen LogP contribution in [-0.4, -0.2) is 29.9 Å². The van der Waals surface area contributed by atoms with Gasteiger partial charge in [0.2, 0.25) is 5.95 Å². The number of nitrogens with zero attached hydrogens (tertiary/aromatic N) is 5. The molecule has 26 heavy (non-hydrogen) atoms. The number of nitrogen functional groups attached to an aromatic ring is 1. The maximum absolute atomic E-state index is 13.2.